The van der Waals surface area contributed by atoms with E-state index in [9.17, 15) is 4.79 Å². The number of amides is 1. The number of aromatic nitrogens is 1. The number of nitrogens with one attached hydrogen (secondary N) is 1. The van der Waals surface area contributed by atoms with Gasteiger partial charge in [-0.2, -0.15) is 0 Å². The van der Waals surface area contributed by atoms with Gasteiger partial charge >= 0.3 is 0 Å². The summed E-state index contributed by atoms with van der Waals surface area (Å²) in [5.41, 5.74) is 3.21. The number of pyridine rings is 1. The maximum absolute atomic E-state index is 12.4. The number of carbonyl (C=O) groups is 1. The van der Waals surface area contributed by atoms with Gasteiger partial charge in [0.05, 0.1) is 14.2 Å². The van der Waals surface area contributed by atoms with Gasteiger partial charge < -0.3 is 14.8 Å². The van der Waals surface area contributed by atoms with E-state index in [2.05, 4.69) is 22.1 Å². The van der Waals surface area contributed by atoms with Crippen molar-refractivity contribution in [1.82, 2.24) is 4.98 Å². The first-order valence-corrected chi connectivity index (χ1v) is 9.21. The molecule has 0 bridgehead atoms. The minimum absolute atomic E-state index is 0.0679. The highest BCUT2D eigenvalue weighted by atomic mass is 16.5. The van der Waals surface area contributed by atoms with Gasteiger partial charge in [0.15, 0.2) is 0 Å². The molecule has 5 heteroatoms. The van der Waals surface area contributed by atoms with Gasteiger partial charge in [-0.15, -0.1) is 0 Å². The van der Waals surface area contributed by atoms with Crippen LogP contribution in [0.25, 0.3) is 0 Å². The Kier molecular flexibility index (Phi) is 6.85. The van der Waals surface area contributed by atoms with E-state index >= 15 is 0 Å². The van der Waals surface area contributed by atoms with Crippen LogP contribution in [-0.4, -0.2) is 25.1 Å². The lowest BCUT2D eigenvalue weighted by molar-refractivity contribution is -0.116. The Morgan fingerprint density at radius 3 is 2.45 bits per heavy atom. The first-order chi connectivity index (χ1) is 14.2. The first kappa shape index (κ1) is 20.0. The fourth-order valence-corrected chi connectivity index (χ4v) is 2.74. The number of hydrogen-bond donors (Lipinski definition) is 1. The minimum Gasteiger partial charge on any atom is -0.497 e. The SMILES string of the molecule is COc1cc(CCC(=O)Nc2cccc(C#Cc3ccccn3)c2)cc(OC)c1. The second-order valence-corrected chi connectivity index (χ2v) is 6.31. The number of methoxy groups -OCH3 is 2. The maximum atomic E-state index is 12.4. The molecule has 0 unspecified atom stereocenters. The fraction of sp³-hybridized carbons (Fsp3) is 0.167. The van der Waals surface area contributed by atoms with Crippen LogP contribution in [0.5, 0.6) is 11.5 Å². The quantitative estimate of drug-likeness (QED) is 0.649. The summed E-state index contributed by atoms with van der Waals surface area (Å²) >= 11 is 0. The molecule has 0 aliphatic carbocycles. The lowest BCUT2D eigenvalue weighted by atomic mass is 10.1. The van der Waals surface area contributed by atoms with Crippen LogP contribution in [0.1, 0.15) is 23.2 Å². The van der Waals surface area contributed by atoms with Crippen molar-refractivity contribution in [2.24, 2.45) is 0 Å². The van der Waals surface area contributed by atoms with Crippen LogP contribution in [-0.2, 0) is 11.2 Å². The number of hydrogen-bond acceptors (Lipinski definition) is 4. The summed E-state index contributed by atoms with van der Waals surface area (Å²) in [6.07, 6.45) is 2.64. The molecule has 0 aliphatic heterocycles. The Balaban J connectivity index is 1.61. The molecule has 0 fully saturated rings. The number of benzene rings is 2. The molecule has 2 aromatic carbocycles. The molecule has 29 heavy (non-hydrogen) atoms. The average Bonchev–Trinajstić information content (AvgIpc) is 2.77. The highest BCUT2D eigenvalue weighted by Crippen LogP contribution is 2.23. The molecule has 146 valence electrons. The second kappa shape index (κ2) is 9.95. The van der Waals surface area contributed by atoms with E-state index in [1.807, 2.05) is 54.6 Å². The van der Waals surface area contributed by atoms with E-state index in [0.29, 0.717) is 35.7 Å². The largest absolute Gasteiger partial charge is 0.497 e. The molecule has 1 N–H and O–H groups in total. The van der Waals surface area contributed by atoms with E-state index in [4.69, 9.17) is 9.47 Å². The van der Waals surface area contributed by atoms with Crippen LogP contribution in [0, 0.1) is 11.8 Å². The monoisotopic (exact) mass is 386 g/mol. The van der Waals surface area contributed by atoms with Crippen molar-refractivity contribution in [1.29, 1.82) is 0 Å². The molecular formula is C24H22N2O3. The molecule has 0 atom stereocenters. The van der Waals surface area contributed by atoms with Crippen molar-refractivity contribution in [2.75, 3.05) is 19.5 Å². The van der Waals surface area contributed by atoms with Crippen molar-refractivity contribution < 1.29 is 14.3 Å². The fourth-order valence-electron chi connectivity index (χ4n) is 2.74. The number of nitrogens with zero attached hydrogens (tertiary/aromatic N) is 1. The summed E-state index contributed by atoms with van der Waals surface area (Å²) < 4.78 is 10.5. The zero-order valence-corrected chi connectivity index (χ0v) is 16.4. The first-order valence-electron chi connectivity index (χ1n) is 9.21. The number of rotatable bonds is 6. The predicted molar refractivity (Wildman–Crippen MR) is 113 cm³/mol. The van der Waals surface area contributed by atoms with Crippen molar-refractivity contribution in [3.05, 3.63) is 83.7 Å². The summed E-state index contributed by atoms with van der Waals surface area (Å²) in [4.78, 5) is 16.5. The summed E-state index contributed by atoms with van der Waals surface area (Å²) in [5, 5.41) is 2.92. The molecule has 5 nitrogen and oxygen atoms in total. The third-order valence-corrected chi connectivity index (χ3v) is 4.20. The Morgan fingerprint density at radius 1 is 0.966 bits per heavy atom. The molecule has 0 saturated carbocycles. The van der Waals surface area contributed by atoms with Crippen LogP contribution >= 0.6 is 0 Å². The normalized spacial score (nSPS) is 9.86. The van der Waals surface area contributed by atoms with Crippen LogP contribution in [0.15, 0.2) is 66.9 Å². The molecule has 1 heterocycles. The summed E-state index contributed by atoms with van der Waals surface area (Å²) in [7, 11) is 3.21. The molecule has 0 spiro atoms. The topological polar surface area (TPSA) is 60.5 Å². The smallest absolute Gasteiger partial charge is 0.224 e. The standard InChI is InChI=1S/C24H22N2O3/c1-28-22-15-19(16-23(17-22)29-2)10-12-24(27)26-21-8-5-6-18(14-21)9-11-20-7-3-4-13-25-20/h3-8,13-17H,10,12H2,1-2H3,(H,26,27). The zero-order chi connectivity index (χ0) is 20.5. The molecule has 3 aromatic rings. The lowest BCUT2D eigenvalue weighted by Crippen LogP contribution is -2.12. The Bertz CT molecular complexity index is 1010. The molecule has 1 amide bonds. The Hall–Kier alpha value is -3.78. The Morgan fingerprint density at radius 2 is 1.76 bits per heavy atom. The predicted octanol–water partition coefficient (Wildman–Crippen LogP) is 4.07. The van der Waals surface area contributed by atoms with E-state index in [1.54, 1.807) is 26.5 Å². The van der Waals surface area contributed by atoms with Gasteiger partial charge in [0.2, 0.25) is 5.91 Å². The van der Waals surface area contributed by atoms with Crippen LogP contribution < -0.4 is 14.8 Å². The number of anilines is 1. The average molecular weight is 386 g/mol. The van der Waals surface area contributed by atoms with Crippen molar-refractivity contribution in [3.63, 3.8) is 0 Å². The third kappa shape index (κ3) is 6.12. The molecular weight excluding hydrogens is 364 g/mol. The second-order valence-electron chi connectivity index (χ2n) is 6.31. The molecule has 1 aromatic heterocycles. The minimum atomic E-state index is -0.0679. The van der Waals surface area contributed by atoms with E-state index in [1.165, 1.54) is 0 Å². The van der Waals surface area contributed by atoms with Gasteiger partial charge in [-0.05, 0) is 60.4 Å². The van der Waals surface area contributed by atoms with Crippen molar-refractivity contribution in [3.8, 4) is 23.3 Å². The van der Waals surface area contributed by atoms with Gasteiger partial charge in [-0.1, -0.05) is 18.1 Å². The summed E-state index contributed by atoms with van der Waals surface area (Å²) in [5.74, 6) is 7.43. The van der Waals surface area contributed by atoms with E-state index in [-0.39, 0.29) is 5.91 Å². The zero-order valence-electron chi connectivity index (χ0n) is 16.4. The van der Waals surface area contributed by atoms with Gasteiger partial charge in [0.1, 0.15) is 17.2 Å². The Labute approximate surface area is 170 Å². The summed E-state index contributed by atoms with van der Waals surface area (Å²) in [6.45, 7) is 0. The third-order valence-electron chi connectivity index (χ3n) is 4.20. The molecule has 0 saturated heterocycles. The molecule has 0 radical (unpaired) electrons. The van der Waals surface area contributed by atoms with Crippen LogP contribution in [0.3, 0.4) is 0 Å². The maximum Gasteiger partial charge on any atom is 0.224 e. The summed E-state index contributed by atoms with van der Waals surface area (Å²) in [6, 6.07) is 18.7. The molecule has 3 rings (SSSR count). The number of carbonyl (C=O) groups excluding carboxylic acids is 1. The van der Waals surface area contributed by atoms with Gasteiger partial charge in [0, 0.05) is 29.9 Å². The van der Waals surface area contributed by atoms with Crippen molar-refractivity contribution >= 4 is 11.6 Å². The highest BCUT2D eigenvalue weighted by Gasteiger charge is 2.07. The number of aryl methyl sites for hydroxylation is 1. The highest BCUT2D eigenvalue weighted by molar-refractivity contribution is 5.91. The van der Waals surface area contributed by atoms with Gasteiger partial charge in [0.25, 0.3) is 0 Å². The van der Waals surface area contributed by atoms with E-state index < -0.39 is 0 Å². The number of ether oxygens (including phenoxy) is 2. The van der Waals surface area contributed by atoms with Crippen LogP contribution in [0.2, 0.25) is 0 Å². The van der Waals surface area contributed by atoms with Crippen molar-refractivity contribution in [2.45, 2.75) is 12.8 Å². The van der Waals surface area contributed by atoms with Crippen LogP contribution in [0.4, 0.5) is 5.69 Å². The van der Waals surface area contributed by atoms with Gasteiger partial charge in [-0.25, -0.2) is 4.98 Å². The molecule has 0 aliphatic rings. The van der Waals surface area contributed by atoms with E-state index in [0.717, 1.165) is 11.1 Å². The van der Waals surface area contributed by atoms with Gasteiger partial charge in [-0.3, -0.25) is 4.79 Å². The lowest BCUT2D eigenvalue weighted by Gasteiger charge is -2.09.